The maximum absolute atomic E-state index is 14.0. The van der Waals surface area contributed by atoms with Gasteiger partial charge in [0.15, 0.2) is 0 Å². The number of hydrogen-bond acceptors (Lipinski definition) is 8. The van der Waals surface area contributed by atoms with Crippen LogP contribution in [0.1, 0.15) is 45.7 Å². The molecule has 0 heterocycles. The van der Waals surface area contributed by atoms with Crippen LogP contribution in [0.3, 0.4) is 0 Å². The van der Waals surface area contributed by atoms with Crippen LogP contribution in [0, 0.1) is 33.1 Å². The van der Waals surface area contributed by atoms with Gasteiger partial charge in [0, 0.05) is 37.3 Å². The Morgan fingerprint density at radius 1 is 0.960 bits per heavy atom. The van der Waals surface area contributed by atoms with Gasteiger partial charge in [0.1, 0.15) is 17.7 Å². The number of nitro groups is 1. The topological polar surface area (TPSA) is 171 Å². The molecule has 0 saturated heterocycles. The first-order valence-corrected chi connectivity index (χ1v) is 17.5. The number of sulfonamides is 1. The predicted octanol–water partition coefficient (Wildman–Crippen LogP) is 3.93. The van der Waals surface area contributed by atoms with Crippen LogP contribution in [0.25, 0.3) is 0 Å². The number of rotatable bonds is 17. The van der Waals surface area contributed by atoms with E-state index in [2.05, 4.69) is 16.0 Å². The van der Waals surface area contributed by atoms with Crippen molar-refractivity contribution < 1.29 is 36.8 Å². The molecule has 2 amide bonds. The zero-order valence-electron chi connectivity index (χ0n) is 28.7. The molecular weight excluding hydrogens is 672 g/mol. The highest BCUT2D eigenvalue weighted by atomic mass is 32.2. The normalized spacial score (nSPS) is 13.9. The van der Waals surface area contributed by atoms with Crippen molar-refractivity contribution in [3.05, 3.63) is 106 Å². The van der Waals surface area contributed by atoms with Crippen LogP contribution < -0.4 is 16.0 Å². The minimum absolute atomic E-state index is 0.00950. The molecule has 2 unspecified atom stereocenters. The van der Waals surface area contributed by atoms with E-state index in [1.165, 1.54) is 0 Å². The second-order valence-electron chi connectivity index (χ2n) is 13.5. The molecule has 272 valence electrons. The van der Waals surface area contributed by atoms with Gasteiger partial charge in [-0.3, -0.25) is 19.7 Å². The van der Waals surface area contributed by atoms with E-state index in [0.717, 1.165) is 52.3 Å². The summed E-state index contributed by atoms with van der Waals surface area (Å²) in [5.41, 5.74) is -0.320. The molecule has 0 aliphatic heterocycles. The lowest BCUT2D eigenvalue weighted by molar-refractivity contribution is -0.384. The monoisotopic (exact) mass is 717 g/mol. The molecule has 3 aromatic carbocycles. The molecule has 4 N–H and O–H groups in total. The average Bonchev–Trinajstić information content (AvgIpc) is 3.04. The fourth-order valence-corrected chi connectivity index (χ4v) is 6.82. The largest absolute Gasteiger partial charge is 0.390 e. The number of carbonyl (C=O) groups is 2. The number of amides is 2. The van der Waals surface area contributed by atoms with Gasteiger partial charge in [0.25, 0.3) is 5.69 Å². The van der Waals surface area contributed by atoms with Crippen LogP contribution in [0.4, 0.5) is 14.5 Å². The minimum Gasteiger partial charge on any atom is -0.390 e. The first-order valence-electron chi connectivity index (χ1n) is 16.1. The number of halogens is 2. The van der Waals surface area contributed by atoms with Gasteiger partial charge >= 0.3 is 0 Å². The van der Waals surface area contributed by atoms with E-state index < -0.39 is 68.5 Å². The molecule has 3 rings (SSSR count). The molecule has 0 saturated carbocycles. The highest BCUT2D eigenvalue weighted by Crippen LogP contribution is 2.23. The summed E-state index contributed by atoms with van der Waals surface area (Å²) in [7, 11) is -4.23. The zero-order chi connectivity index (χ0) is 37.2. The number of nitro benzene ring substituents is 1. The van der Waals surface area contributed by atoms with Crippen molar-refractivity contribution in [3.8, 4) is 0 Å². The van der Waals surface area contributed by atoms with Crippen LogP contribution >= 0.6 is 0 Å². The smallest absolute Gasteiger partial charge is 0.269 e. The van der Waals surface area contributed by atoms with Crippen LogP contribution in [0.15, 0.2) is 77.7 Å². The van der Waals surface area contributed by atoms with E-state index in [1.54, 1.807) is 65.0 Å². The maximum atomic E-state index is 14.0. The summed E-state index contributed by atoms with van der Waals surface area (Å²) >= 11 is 0. The van der Waals surface area contributed by atoms with E-state index in [9.17, 15) is 42.0 Å². The molecule has 3 atom stereocenters. The van der Waals surface area contributed by atoms with Crippen molar-refractivity contribution in [1.29, 1.82) is 0 Å². The number of hydrogen-bond donors (Lipinski definition) is 4. The van der Waals surface area contributed by atoms with Gasteiger partial charge in [-0.05, 0) is 53.6 Å². The molecule has 0 spiro atoms. The summed E-state index contributed by atoms with van der Waals surface area (Å²) in [6.45, 7) is 7.95. The molecular formula is C35H45F2N5O7S. The number of aliphatic hydroxyl groups is 1. The average molecular weight is 718 g/mol. The Kier molecular flexibility index (Phi) is 14.1. The van der Waals surface area contributed by atoms with Gasteiger partial charge < -0.3 is 21.1 Å². The van der Waals surface area contributed by atoms with Gasteiger partial charge in [0.05, 0.1) is 28.5 Å². The van der Waals surface area contributed by atoms with Gasteiger partial charge in [-0.15, -0.1) is 0 Å². The summed E-state index contributed by atoms with van der Waals surface area (Å²) in [6.07, 6.45) is -1.31. The summed E-state index contributed by atoms with van der Waals surface area (Å²) in [5, 5.41) is 31.0. The number of nitrogens with one attached hydrogen (secondary N) is 3. The lowest BCUT2D eigenvalue weighted by Crippen LogP contribution is -2.59. The van der Waals surface area contributed by atoms with Gasteiger partial charge in [0.2, 0.25) is 21.8 Å². The Morgan fingerprint density at radius 2 is 1.60 bits per heavy atom. The molecule has 0 fully saturated rings. The summed E-state index contributed by atoms with van der Waals surface area (Å²) < 4.78 is 56.1. The third-order valence-corrected chi connectivity index (χ3v) is 9.62. The lowest BCUT2D eigenvalue weighted by Gasteiger charge is -2.34. The van der Waals surface area contributed by atoms with Gasteiger partial charge in [-0.2, -0.15) is 4.31 Å². The standard InChI is InChI=1S/C35H45F2N5O7S/c1-23(2)21-41(50(48,49)28-14-12-27(13-15-28)42(46)47)22-31(43)30(17-24-9-7-6-8-10-24)39-34(45)33(35(3,4)5)40-32(44)20-38-19-25-18-26(36)11-16-29(25)37/h6-16,18,23,30-31,33,38,43H,17,19-22H2,1-5H3,(H,39,45)(H,40,44)/t30?,31?,33-/m1/s1. The first kappa shape index (κ1) is 40.1. The lowest BCUT2D eigenvalue weighted by atomic mass is 9.85. The fraction of sp³-hybridized carbons (Fsp3) is 0.429. The Hall–Kier alpha value is -4.31. The summed E-state index contributed by atoms with van der Waals surface area (Å²) in [5.74, 6) is -2.64. The zero-order valence-corrected chi connectivity index (χ0v) is 29.5. The highest BCUT2D eigenvalue weighted by Gasteiger charge is 2.36. The SMILES string of the molecule is CC(C)CN(CC(O)C(Cc1ccccc1)NC(=O)[C@@H](NC(=O)CNCc1cc(F)ccc1F)C(C)(C)C)S(=O)(=O)c1ccc([N+](=O)[O-])cc1. The number of carbonyl (C=O) groups excluding carboxylic acids is 2. The second-order valence-corrected chi connectivity index (χ2v) is 15.5. The second kappa shape index (κ2) is 17.6. The number of benzene rings is 3. The molecule has 0 bridgehead atoms. The van der Waals surface area contributed by atoms with E-state index in [1.807, 2.05) is 0 Å². The highest BCUT2D eigenvalue weighted by molar-refractivity contribution is 7.89. The van der Waals surface area contributed by atoms with Crippen molar-refractivity contribution in [2.24, 2.45) is 11.3 Å². The van der Waals surface area contributed by atoms with Crippen LogP contribution in [0.2, 0.25) is 0 Å². The van der Waals surface area contributed by atoms with Crippen molar-refractivity contribution in [1.82, 2.24) is 20.3 Å². The number of nitrogens with zero attached hydrogens (tertiary/aromatic N) is 2. The Labute approximate surface area is 291 Å². The third kappa shape index (κ3) is 11.6. The van der Waals surface area contributed by atoms with Crippen LogP contribution in [-0.4, -0.2) is 72.4 Å². The number of non-ortho nitro benzene ring substituents is 1. The minimum atomic E-state index is -4.23. The molecule has 0 aromatic heterocycles. The molecule has 12 nitrogen and oxygen atoms in total. The Morgan fingerprint density at radius 3 is 2.18 bits per heavy atom. The van der Waals surface area contributed by atoms with E-state index in [4.69, 9.17) is 0 Å². The maximum Gasteiger partial charge on any atom is 0.269 e. The van der Waals surface area contributed by atoms with E-state index >= 15 is 0 Å². The summed E-state index contributed by atoms with van der Waals surface area (Å²) in [6, 6.07) is 14.3. The molecule has 0 aliphatic rings. The Balaban J connectivity index is 1.82. The molecule has 0 radical (unpaired) electrons. The van der Waals surface area contributed by atoms with Gasteiger partial charge in [-0.1, -0.05) is 65.0 Å². The molecule has 50 heavy (non-hydrogen) atoms. The quantitative estimate of drug-likeness (QED) is 0.120. The van der Waals surface area contributed by atoms with Crippen LogP contribution in [-0.2, 0) is 32.6 Å². The third-order valence-electron chi connectivity index (χ3n) is 7.78. The molecule has 3 aromatic rings. The fourth-order valence-electron chi connectivity index (χ4n) is 5.20. The van der Waals surface area contributed by atoms with Crippen molar-refractivity contribution >= 4 is 27.5 Å². The summed E-state index contributed by atoms with van der Waals surface area (Å²) in [4.78, 5) is 37.1. The molecule has 15 heteroatoms. The van der Waals surface area contributed by atoms with Crippen molar-refractivity contribution in [3.63, 3.8) is 0 Å². The van der Waals surface area contributed by atoms with E-state index in [0.29, 0.717) is 0 Å². The first-order chi connectivity index (χ1) is 23.4. The predicted molar refractivity (Wildman–Crippen MR) is 184 cm³/mol. The Bertz CT molecular complexity index is 1720. The van der Waals surface area contributed by atoms with E-state index in [-0.39, 0.29) is 48.1 Å². The van der Waals surface area contributed by atoms with Crippen molar-refractivity contribution in [2.45, 2.75) is 70.7 Å². The number of aliphatic hydroxyl groups excluding tert-OH is 1. The van der Waals surface area contributed by atoms with Gasteiger partial charge in [-0.25, -0.2) is 17.2 Å². The van der Waals surface area contributed by atoms with Crippen molar-refractivity contribution in [2.75, 3.05) is 19.6 Å². The molecule has 0 aliphatic carbocycles. The van der Waals surface area contributed by atoms with Crippen LogP contribution in [0.5, 0.6) is 0 Å².